The van der Waals surface area contributed by atoms with Crippen molar-refractivity contribution >= 4 is 32.5 Å². The molecule has 4 aromatic rings. The van der Waals surface area contributed by atoms with E-state index in [0.29, 0.717) is 16.8 Å². The third-order valence-electron chi connectivity index (χ3n) is 5.24. The van der Waals surface area contributed by atoms with Crippen molar-refractivity contribution in [1.82, 2.24) is 19.5 Å². The molecule has 0 aliphatic carbocycles. The predicted molar refractivity (Wildman–Crippen MR) is 125 cm³/mol. The Morgan fingerprint density at radius 1 is 1.15 bits per heavy atom. The summed E-state index contributed by atoms with van der Waals surface area (Å²) < 4.78 is 40.9. The molecule has 1 aromatic carbocycles. The summed E-state index contributed by atoms with van der Waals surface area (Å²) in [4.78, 5) is 25.6. The topological polar surface area (TPSA) is 94.8 Å². The molecule has 4 rings (SSSR count). The maximum absolute atomic E-state index is 14.9. The van der Waals surface area contributed by atoms with Crippen LogP contribution in [-0.2, 0) is 9.84 Å². The van der Waals surface area contributed by atoms with E-state index in [0.717, 1.165) is 17.9 Å². The maximum Gasteiger partial charge on any atom is 0.353 e. The predicted octanol–water partition coefficient (Wildman–Crippen LogP) is 4.47. The fourth-order valence-electron chi connectivity index (χ4n) is 3.75. The van der Waals surface area contributed by atoms with Crippen LogP contribution in [-0.4, -0.2) is 34.2 Å². The molecule has 0 bridgehead atoms. The van der Waals surface area contributed by atoms with Crippen molar-refractivity contribution in [3.05, 3.63) is 75.3 Å². The highest BCUT2D eigenvalue weighted by Gasteiger charge is 2.24. The summed E-state index contributed by atoms with van der Waals surface area (Å²) in [5, 5.41) is 0.454. The highest BCUT2D eigenvalue weighted by Crippen LogP contribution is 2.36. The van der Waals surface area contributed by atoms with Gasteiger partial charge in [-0.25, -0.2) is 32.1 Å². The van der Waals surface area contributed by atoms with Crippen LogP contribution in [0.1, 0.15) is 31.0 Å². The summed E-state index contributed by atoms with van der Waals surface area (Å²) in [5.41, 5.74) is 1.17. The molecule has 0 saturated carbocycles. The number of aryl methyl sites for hydroxylation is 1. The summed E-state index contributed by atoms with van der Waals surface area (Å²) in [5.74, 6) is -0.813. The Balaban J connectivity index is 2.17. The number of pyridine rings is 2. The van der Waals surface area contributed by atoms with Crippen LogP contribution in [0.25, 0.3) is 28.0 Å². The standard InChI is InChI=1S/C23H20ClFN4O3S/c1-12(2)19-21(13(3)8-9-26-19)29-22-14(11-27-23(29)30)10-15(24)20(28-22)18-16(25)6-5-7-17(18)33(4,31)32/h5-12H,1-4H3. The van der Waals surface area contributed by atoms with Gasteiger partial charge in [-0.3, -0.25) is 4.98 Å². The molecule has 3 aromatic heterocycles. The molecule has 7 nitrogen and oxygen atoms in total. The molecule has 0 aliphatic heterocycles. The van der Waals surface area contributed by atoms with Crippen molar-refractivity contribution in [3.8, 4) is 16.9 Å². The summed E-state index contributed by atoms with van der Waals surface area (Å²) in [6.45, 7) is 5.73. The first-order chi connectivity index (χ1) is 15.5. The summed E-state index contributed by atoms with van der Waals surface area (Å²) in [6.07, 6.45) is 3.97. The van der Waals surface area contributed by atoms with Crippen LogP contribution < -0.4 is 5.69 Å². The van der Waals surface area contributed by atoms with Gasteiger partial charge in [-0.15, -0.1) is 0 Å². The zero-order chi connectivity index (χ0) is 24.1. The molecule has 0 N–H and O–H groups in total. The quantitative estimate of drug-likeness (QED) is 0.422. The van der Waals surface area contributed by atoms with Crippen LogP contribution in [0.5, 0.6) is 0 Å². The van der Waals surface area contributed by atoms with E-state index in [2.05, 4.69) is 15.0 Å². The van der Waals surface area contributed by atoms with Gasteiger partial charge in [-0.05, 0) is 42.7 Å². The van der Waals surface area contributed by atoms with Gasteiger partial charge < -0.3 is 0 Å². The number of hydrogen-bond donors (Lipinski definition) is 0. The average Bonchev–Trinajstić information content (AvgIpc) is 2.73. The van der Waals surface area contributed by atoms with Gasteiger partial charge in [0.2, 0.25) is 0 Å². The lowest BCUT2D eigenvalue weighted by atomic mass is 10.0. The minimum Gasteiger partial charge on any atom is -0.259 e. The third kappa shape index (κ3) is 4.02. The number of aromatic nitrogens is 4. The van der Waals surface area contributed by atoms with Crippen LogP contribution >= 0.6 is 11.6 Å². The Morgan fingerprint density at radius 2 is 1.88 bits per heavy atom. The van der Waals surface area contributed by atoms with Crippen LogP contribution in [0.2, 0.25) is 5.02 Å². The van der Waals surface area contributed by atoms with Crippen molar-refractivity contribution in [1.29, 1.82) is 0 Å². The molecule has 0 amide bonds. The zero-order valence-electron chi connectivity index (χ0n) is 18.3. The van der Waals surface area contributed by atoms with Gasteiger partial charge in [0.1, 0.15) is 5.82 Å². The monoisotopic (exact) mass is 486 g/mol. The fourth-order valence-corrected chi connectivity index (χ4v) is 4.89. The summed E-state index contributed by atoms with van der Waals surface area (Å²) in [7, 11) is -3.80. The Morgan fingerprint density at radius 3 is 2.55 bits per heavy atom. The minimum absolute atomic E-state index is 0.0165. The molecule has 10 heteroatoms. The first-order valence-electron chi connectivity index (χ1n) is 10.0. The van der Waals surface area contributed by atoms with Crippen molar-refractivity contribution in [2.45, 2.75) is 31.6 Å². The molecule has 33 heavy (non-hydrogen) atoms. The average molecular weight is 487 g/mol. The van der Waals surface area contributed by atoms with E-state index in [1.807, 2.05) is 20.8 Å². The maximum atomic E-state index is 14.9. The number of nitrogens with zero attached hydrogens (tertiary/aromatic N) is 4. The van der Waals surface area contributed by atoms with Crippen molar-refractivity contribution in [2.24, 2.45) is 0 Å². The van der Waals surface area contributed by atoms with Gasteiger partial charge in [0.25, 0.3) is 0 Å². The number of hydrogen-bond acceptors (Lipinski definition) is 6. The SMILES string of the molecule is Cc1ccnc(C(C)C)c1-n1c(=O)ncc2cc(Cl)c(-c3c(F)cccc3S(C)(=O)=O)nc21. The first kappa shape index (κ1) is 23.0. The largest absolute Gasteiger partial charge is 0.353 e. The van der Waals surface area contributed by atoms with E-state index in [1.165, 1.54) is 29.0 Å². The smallest absolute Gasteiger partial charge is 0.259 e. The molecule has 0 fully saturated rings. The van der Waals surface area contributed by atoms with E-state index in [1.54, 1.807) is 12.3 Å². The van der Waals surface area contributed by atoms with Crippen molar-refractivity contribution in [3.63, 3.8) is 0 Å². The van der Waals surface area contributed by atoms with Gasteiger partial charge in [-0.1, -0.05) is 31.5 Å². The minimum atomic E-state index is -3.80. The Hall–Kier alpha value is -3.17. The molecule has 0 saturated heterocycles. The highest BCUT2D eigenvalue weighted by molar-refractivity contribution is 7.90. The van der Waals surface area contributed by atoms with Crippen molar-refractivity contribution in [2.75, 3.05) is 6.26 Å². The molecule has 0 atom stereocenters. The molecule has 0 radical (unpaired) electrons. The lowest BCUT2D eigenvalue weighted by Crippen LogP contribution is -2.24. The second-order valence-corrected chi connectivity index (χ2v) is 10.4. The molecular formula is C23H20ClFN4O3S. The van der Waals surface area contributed by atoms with Gasteiger partial charge in [-0.2, -0.15) is 0 Å². The molecule has 170 valence electrons. The van der Waals surface area contributed by atoms with E-state index in [9.17, 15) is 17.6 Å². The Bertz CT molecular complexity index is 1580. The molecule has 3 heterocycles. The number of halogens is 2. The Kier molecular flexibility index (Phi) is 5.79. The molecular weight excluding hydrogens is 467 g/mol. The Labute approximate surface area is 194 Å². The molecule has 0 unspecified atom stereocenters. The summed E-state index contributed by atoms with van der Waals surface area (Å²) in [6, 6.07) is 6.98. The fraction of sp³-hybridized carbons (Fsp3) is 0.217. The normalized spacial score (nSPS) is 12.0. The van der Waals surface area contributed by atoms with E-state index >= 15 is 0 Å². The first-order valence-corrected chi connectivity index (χ1v) is 12.3. The molecule has 0 spiro atoms. The number of sulfone groups is 1. The molecule has 0 aliphatic rings. The lowest BCUT2D eigenvalue weighted by molar-refractivity contribution is 0.597. The highest BCUT2D eigenvalue weighted by atomic mass is 35.5. The zero-order valence-corrected chi connectivity index (χ0v) is 19.9. The lowest BCUT2D eigenvalue weighted by Gasteiger charge is -2.18. The number of fused-ring (bicyclic) bond motifs is 1. The van der Waals surface area contributed by atoms with Gasteiger partial charge in [0, 0.05) is 24.0 Å². The van der Waals surface area contributed by atoms with Crippen LogP contribution in [0, 0.1) is 12.7 Å². The third-order valence-corrected chi connectivity index (χ3v) is 6.67. The number of benzene rings is 1. The van der Waals surface area contributed by atoms with Gasteiger partial charge in [0.15, 0.2) is 15.5 Å². The second-order valence-electron chi connectivity index (χ2n) is 8.01. The van der Waals surface area contributed by atoms with Gasteiger partial charge >= 0.3 is 5.69 Å². The van der Waals surface area contributed by atoms with Crippen molar-refractivity contribution < 1.29 is 12.8 Å². The van der Waals surface area contributed by atoms with E-state index in [4.69, 9.17) is 11.6 Å². The van der Waals surface area contributed by atoms with Gasteiger partial charge in [0.05, 0.1) is 32.6 Å². The van der Waals surface area contributed by atoms with Crippen LogP contribution in [0.15, 0.2) is 52.4 Å². The van der Waals surface area contributed by atoms with Crippen LogP contribution in [0.3, 0.4) is 0 Å². The van der Waals surface area contributed by atoms with E-state index < -0.39 is 21.3 Å². The van der Waals surface area contributed by atoms with E-state index in [-0.39, 0.29) is 32.7 Å². The second kappa shape index (κ2) is 8.31. The van der Waals surface area contributed by atoms with Crippen LogP contribution in [0.4, 0.5) is 4.39 Å². The summed E-state index contributed by atoms with van der Waals surface area (Å²) >= 11 is 6.43. The number of rotatable bonds is 4.